The van der Waals surface area contributed by atoms with Gasteiger partial charge in [-0.05, 0) is 31.4 Å². The summed E-state index contributed by atoms with van der Waals surface area (Å²) in [7, 11) is 3.70. The topological polar surface area (TPSA) is 50.0 Å². The highest BCUT2D eigenvalue weighted by Gasteiger charge is 2.28. The lowest BCUT2D eigenvalue weighted by molar-refractivity contribution is 0.0170. The largest absolute Gasteiger partial charge is 0.381 e. The van der Waals surface area contributed by atoms with Crippen LogP contribution in [0.1, 0.15) is 29.8 Å². The van der Waals surface area contributed by atoms with E-state index in [0.29, 0.717) is 12.1 Å². The lowest BCUT2D eigenvalue weighted by Crippen LogP contribution is -2.44. The standard InChI is InChI=1S/C13H19N3O/c1-9-10(4-12(7-14)16(9)2)8-15-11-5-13(6-11)17-3/h4,11,13,15H,5-6,8H2,1-3H3. The molecule has 0 aromatic carbocycles. The second-order valence-corrected chi connectivity index (χ2v) is 4.72. The van der Waals surface area contributed by atoms with Gasteiger partial charge in [0.15, 0.2) is 0 Å². The summed E-state index contributed by atoms with van der Waals surface area (Å²) in [6, 6.07) is 4.73. The number of hydrogen-bond acceptors (Lipinski definition) is 3. The van der Waals surface area contributed by atoms with Crippen molar-refractivity contribution in [2.75, 3.05) is 7.11 Å². The third-order valence-electron chi connectivity index (χ3n) is 3.76. The van der Waals surface area contributed by atoms with Crippen LogP contribution in [0.2, 0.25) is 0 Å². The van der Waals surface area contributed by atoms with E-state index in [0.717, 1.165) is 30.8 Å². The maximum absolute atomic E-state index is 8.95. The first-order chi connectivity index (χ1) is 8.15. The van der Waals surface area contributed by atoms with Gasteiger partial charge in [-0.15, -0.1) is 0 Å². The second kappa shape index (κ2) is 4.91. The average Bonchev–Trinajstić information content (AvgIpc) is 2.55. The van der Waals surface area contributed by atoms with Crippen molar-refractivity contribution in [2.45, 2.75) is 38.5 Å². The zero-order valence-electron chi connectivity index (χ0n) is 10.7. The van der Waals surface area contributed by atoms with Gasteiger partial charge in [-0.2, -0.15) is 5.26 Å². The van der Waals surface area contributed by atoms with Crippen molar-refractivity contribution in [2.24, 2.45) is 7.05 Å². The molecule has 4 heteroatoms. The number of methoxy groups -OCH3 is 1. The summed E-state index contributed by atoms with van der Waals surface area (Å²) in [5.74, 6) is 0. The van der Waals surface area contributed by atoms with Gasteiger partial charge < -0.3 is 14.6 Å². The van der Waals surface area contributed by atoms with Gasteiger partial charge in [-0.1, -0.05) is 0 Å². The quantitative estimate of drug-likeness (QED) is 0.856. The number of aromatic nitrogens is 1. The van der Waals surface area contributed by atoms with Crippen molar-refractivity contribution in [3.63, 3.8) is 0 Å². The molecule has 1 heterocycles. The highest BCUT2D eigenvalue weighted by Crippen LogP contribution is 2.23. The molecule has 1 fully saturated rings. The molecule has 1 aromatic heterocycles. The Balaban J connectivity index is 1.90. The third-order valence-corrected chi connectivity index (χ3v) is 3.76. The van der Waals surface area contributed by atoms with Gasteiger partial charge in [0.1, 0.15) is 11.8 Å². The molecule has 0 amide bonds. The highest BCUT2D eigenvalue weighted by molar-refractivity contribution is 5.34. The van der Waals surface area contributed by atoms with Crippen LogP contribution in [-0.2, 0) is 18.3 Å². The van der Waals surface area contributed by atoms with Crippen molar-refractivity contribution in [3.05, 3.63) is 23.0 Å². The molecule has 0 bridgehead atoms. The SMILES string of the molecule is COC1CC(NCc2cc(C#N)n(C)c2C)C1. The first kappa shape index (κ1) is 12.2. The summed E-state index contributed by atoms with van der Waals surface area (Å²) >= 11 is 0. The first-order valence-corrected chi connectivity index (χ1v) is 5.97. The Morgan fingerprint density at radius 2 is 2.29 bits per heavy atom. The predicted octanol–water partition coefficient (Wildman–Crippen LogP) is 1.47. The van der Waals surface area contributed by atoms with Crippen LogP contribution < -0.4 is 5.32 Å². The maximum Gasteiger partial charge on any atom is 0.120 e. The highest BCUT2D eigenvalue weighted by atomic mass is 16.5. The van der Waals surface area contributed by atoms with Crippen LogP contribution in [0.5, 0.6) is 0 Å². The molecule has 1 aliphatic carbocycles. The summed E-state index contributed by atoms with van der Waals surface area (Å²) in [4.78, 5) is 0. The van der Waals surface area contributed by atoms with Gasteiger partial charge in [0.05, 0.1) is 6.10 Å². The molecule has 2 rings (SSSR count). The van der Waals surface area contributed by atoms with Crippen LogP contribution in [0, 0.1) is 18.3 Å². The molecular weight excluding hydrogens is 214 g/mol. The Bertz CT molecular complexity index is 438. The van der Waals surface area contributed by atoms with Gasteiger partial charge >= 0.3 is 0 Å². The molecule has 0 atom stereocenters. The molecule has 0 aliphatic heterocycles. The van der Waals surface area contributed by atoms with Crippen molar-refractivity contribution in [1.29, 1.82) is 5.26 Å². The Labute approximate surface area is 102 Å². The van der Waals surface area contributed by atoms with E-state index in [9.17, 15) is 0 Å². The maximum atomic E-state index is 8.95. The summed E-state index contributed by atoms with van der Waals surface area (Å²) in [6.07, 6.45) is 2.61. The molecule has 17 heavy (non-hydrogen) atoms. The molecule has 0 unspecified atom stereocenters. The Kier molecular flexibility index (Phi) is 3.51. The Hall–Kier alpha value is -1.31. The molecule has 1 N–H and O–H groups in total. The van der Waals surface area contributed by atoms with Gasteiger partial charge in [0, 0.05) is 32.4 Å². The second-order valence-electron chi connectivity index (χ2n) is 4.72. The van der Waals surface area contributed by atoms with Crippen molar-refractivity contribution in [1.82, 2.24) is 9.88 Å². The molecule has 1 aromatic rings. The summed E-state index contributed by atoms with van der Waals surface area (Å²) in [5.41, 5.74) is 3.10. The molecule has 0 saturated heterocycles. The summed E-state index contributed by atoms with van der Waals surface area (Å²) in [6.45, 7) is 2.89. The summed E-state index contributed by atoms with van der Waals surface area (Å²) < 4.78 is 7.19. The van der Waals surface area contributed by atoms with Crippen molar-refractivity contribution < 1.29 is 4.74 Å². The fraction of sp³-hybridized carbons (Fsp3) is 0.615. The van der Waals surface area contributed by atoms with Gasteiger partial charge in [-0.25, -0.2) is 0 Å². The van der Waals surface area contributed by atoms with Gasteiger partial charge in [0.2, 0.25) is 0 Å². The van der Waals surface area contributed by atoms with Crippen LogP contribution in [0.15, 0.2) is 6.07 Å². The van der Waals surface area contributed by atoms with E-state index in [1.807, 2.05) is 17.7 Å². The first-order valence-electron chi connectivity index (χ1n) is 5.97. The van der Waals surface area contributed by atoms with Crippen molar-refractivity contribution in [3.8, 4) is 6.07 Å². The molecule has 1 aliphatic rings. The minimum Gasteiger partial charge on any atom is -0.381 e. The molecule has 0 radical (unpaired) electrons. The van der Waals surface area contributed by atoms with E-state index in [1.165, 1.54) is 5.56 Å². The van der Waals surface area contributed by atoms with Crippen LogP contribution in [0.25, 0.3) is 0 Å². The minimum absolute atomic E-state index is 0.430. The fourth-order valence-electron chi connectivity index (χ4n) is 2.23. The minimum atomic E-state index is 0.430. The predicted molar refractivity (Wildman–Crippen MR) is 65.5 cm³/mol. The van der Waals surface area contributed by atoms with Crippen LogP contribution in [0.3, 0.4) is 0 Å². The lowest BCUT2D eigenvalue weighted by Gasteiger charge is -2.34. The number of nitrogens with zero attached hydrogens (tertiary/aromatic N) is 2. The fourth-order valence-corrected chi connectivity index (χ4v) is 2.23. The van der Waals surface area contributed by atoms with E-state index >= 15 is 0 Å². The Morgan fingerprint density at radius 3 is 2.82 bits per heavy atom. The number of nitrogens with one attached hydrogen (secondary N) is 1. The number of rotatable bonds is 4. The van der Waals surface area contributed by atoms with E-state index in [-0.39, 0.29) is 0 Å². The molecule has 92 valence electrons. The zero-order chi connectivity index (χ0) is 12.4. The number of hydrogen-bond donors (Lipinski definition) is 1. The number of ether oxygens (including phenoxy) is 1. The lowest BCUT2D eigenvalue weighted by atomic mass is 9.89. The molecule has 0 spiro atoms. The molecule has 1 saturated carbocycles. The van der Waals surface area contributed by atoms with E-state index in [1.54, 1.807) is 7.11 Å². The third kappa shape index (κ3) is 2.36. The van der Waals surface area contributed by atoms with E-state index < -0.39 is 0 Å². The van der Waals surface area contributed by atoms with E-state index in [2.05, 4.69) is 18.3 Å². The monoisotopic (exact) mass is 233 g/mol. The molecular formula is C13H19N3O. The van der Waals surface area contributed by atoms with Gasteiger partial charge in [0.25, 0.3) is 0 Å². The summed E-state index contributed by atoms with van der Waals surface area (Å²) in [5, 5.41) is 12.5. The van der Waals surface area contributed by atoms with E-state index in [4.69, 9.17) is 10.00 Å². The number of nitriles is 1. The van der Waals surface area contributed by atoms with Gasteiger partial charge in [-0.3, -0.25) is 0 Å². The van der Waals surface area contributed by atoms with Crippen LogP contribution >= 0.6 is 0 Å². The molecule has 4 nitrogen and oxygen atoms in total. The smallest absolute Gasteiger partial charge is 0.120 e. The van der Waals surface area contributed by atoms with Crippen LogP contribution in [0.4, 0.5) is 0 Å². The normalized spacial score (nSPS) is 23.2. The van der Waals surface area contributed by atoms with Crippen LogP contribution in [-0.4, -0.2) is 23.8 Å². The average molecular weight is 233 g/mol. The Morgan fingerprint density at radius 1 is 1.59 bits per heavy atom. The van der Waals surface area contributed by atoms with Crippen molar-refractivity contribution >= 4 is 0 Å². The zero-order valence-corrected chi connectivity index (χ0v) is 10.7.